The highest BCUT2D eigenvalue weighted by molar-refractivity contribution is 5.78. The van der Waals surface area contributed by atoms with Gasteiger partial charge in [-0.1, -0.05) is 36.8 Å². The van der Waals surface area contributed by atoms with Crippen LogP contribution < -0.4 is 10.2 Å². The highest BCUT2D eigenvalue weighted by atomic mass is 19.1. The Morgan fingerprint density at radius 2 is 1.83 bits per heavy atom. The van der Waals surface area contributed by atoms with Crippen molar-refractivity contribution < 1.29 is 9.18 Å². The number of nitrogens with one attached hydrogen (secondary N) is 1. The Bertz CT molecular complexity index is 928. The number of hydrogen-bond acceptors (Lipinski definition) is 4. The number of hydrogen-bond donors (Lipinski definition) is 1. The normalized spacial score (nSPS) is 18.3. The van der Waals surface area contributed by atoms with Gasteiger partial charge in [-0.25, -0.2) is 4.39 Å². The first kappa shape index (κ1) is 20.4. The van der Waals surface area contributed by atoms with Gasteiger partial charge in [0, 0.05) is 38.1 Å². The molecule has 1 saturated carbocycles. The van der Waals surface area contributed by atoms with E-state index < -0.39 is 0 Å². The van der Waals surface area contributed by atoms with Crippen molar-refractivity contribution in [2.24, 2.45) is 0 Å². The molecule has 6 heteroatoms. The van der Waals surface area contributed by atoms with Crippen molar-refractivity contribution in [2.45, 2.75) is 24.7 Å². The average molecular weight is 407 g/mol. The number of benzene rings is 2. The Labute approximate surface area is 177 Å². The third-order valence-electron chi connectivity index (χ3n) is 6.48. The van der Waals surface area contributed by atoms with E-state index in [4.69, 9.17) is 5.26 Å². The van der Waals surface area contributed by atoms with Crippen LogP contribution in [-0.2, 0) is 10.2 Å². The smallest absolute Gasteiger partial charge is 0.234 e. The maximum atomic E-state index is 14.2. The molecule has 2 aliphatic rings. The number of carbonyl (C=O) groups excluding carboxylic acids is 1. The average Bonchev–Trinajstić information content (AvgIpc) is 2.74. The monoisotopic (exact) mass is 406 g/mol. The van der Waals surface area contributed by atoms with Gasteiger partial charge < -0.3 is 10.2 Å². The van der Waals surface area contributed by atoms with Crippen molar-refractivity contribution in [2.75, 3.05) is 44.2 Å². The lowest BCUT2D eigenvalue weighted by molar-refractivity contribution is -0.122. The van der Waals surface area contributed by atoms with Crippen molar-refractivity contribution in [1.29, 1.82) is 5.26 Å². The Balaban J connectivity index is 1.26. The molecule has 156 valence electrons. The van der Waals surface area contributed by atoms with Crippen molar-refractivity contribution >= 4 is 11.6 Å². The molecule has 2 aromatic carbocycles. The van der Waals surface area contributed by atoms with E-state index in [-0.39, 0.29) is 17.1 Å². The zero-order chi connectivity index (χ0) is 21.0. The number of halogens is 1. The highest BCUT2D eigenvalue weighted by Gasteiger charge is 2.38. The van der Waals surface area contributed by atoms with Crippen molar-refractivity contribution in [3.63, 3.8) is 0 Å². The minimum Gasteiger partial charge on any atom is -0.367 e. The minimum absolute atomic E-state index is 0.0511. The Morgan fingerprint density at radius 3 is 2.43 bits per heavy atom. The topological polar surface area (TPSA) is 59.4 Å². The van der Waals surface area contributed by atoms with Gasteiger partial charge in [0.15, 0.2) is 0 Å². The zero-order valence-corrected chi connectivity index (χ0v) is 17.1. The lowest BCUT2D eigenvalue weighted by Crippen LogP contribution is -2.51. The van der Waals surface area contributed by atoms with Crippen LogP contribution in [0.25, 0.3) is 0 Å². The van der Waals surface area contributed by atoms with Gasteiger partial charge in [0.2, 0.25) is 5.91 Å². The van der Waals surface area contributed by atoms with Crippen molar-refractivity contribution in [3.8, 4) is 6.07 Å². The number of piperazine rings is 1. The standard InChI is InChI=1S/C24H27FN4O/c25-21-15-19(16-26)7-8-22(21)29-13-11-28(12-14-29)17-23(30)27-18-24(9-4-10-24)20-5-2-1-3-6-20/h1-3,5-8,15H,4,9-14,17-18H2,(H,27,30). The fraction of sp³-hybridized carbons (Fsp3) is 0.417. The number of rotatable bonds is 6. The van der Waals surface area contributed by atoms with E-state index in [1.54, 1.807) is 12.1 Å². The van der Waals surface area contributed by atoms with Gasteiger partial charge in [0.05, 0.1) is 23.9 Å². The molecule has 2 aromatic rings. The molecular formula is C24H27FN4O. The second kappa shape index (κ2) is 8.85. The summed E-state index contributed by atoms with van der Waals surface area (Å²) in [5, 5.41) is 12.0. The van der Waals surface area contributed by atoms with E-state index in [2.05, 4.69) is 34.5 Å². The molecule has 1 heterocycles. The number of amides is 1. The van der Waals surface area contributed by atoms with Crippen LogP contribution in [0.15, 0.2) is 48.5 Å². The van der Waals surface area contributed by atoms with Crippen LogP contribution in [0.4, 0.5) is 10.1 Å². The predicted octanol–water partition coefficient (Wildman–Crippen LogP) is 3.06. The summed E-state index contributed by atoms with van der Waals surface area (Å²) in [6.07, 6.45) is 3.44. The lowest BCUT2D eigenvalue weighted by Gasteiger charge is -2.43. The van der Waals surface area contributed by atoms with Crippen molar-refractivity contribution in [1.82, 2.24) is 10.2 Å². The summed E-state index contributed by atoms with van der Waals surface area (Å²) in [4.78, 5) is 16.6. The maximum Gasteiger partial charge on any atom is 0.234 e. The van der Waals surface area contributed by atoms with E-state index in [0.717, 1.165) is 12.8 Å². The molecule has 1 amide bonds. The van der Waals surface area contributed by atoms with Crippen LogP contribution in [0.1, 0.15) is 30.4 Å². The molecule has 0 radical (unpaired) electrons. The fourth-order valence-electron chi connectivity index (χ4n) is 4.47. The van der Waals surface area contributed by atoms with E-state index in [1.165, 1.54) is 18.1 Å². The van der Waals surface area contributed by atoms with Gasteiger partial charge >= 0.3 is 0 Å². The highest BCUT2D eigenvalue weighted by Crippen LogP contribution is 2.43. The van der Waals surface area contributed by atoms with Crippen LogP contribution in [0.3, 0.4) is 0 Å². The molecule has 1 aliphatic carbocycles. The molecule has 1 aliphatic heterocycles. The Hall–Kier alpha value is -2.91. The molecule has 30 heavy (non-hydrogen) atoms. The molecule has 0 unspecified atom stereocenters. The number of nitriles is 1. The first-order valence-corrected chi connectivity index (χ1v) is 10.6. The van der Waals surface area contributed by atoms with Gasteiger partial charge in [-0.15, -0.1) is 0 Å². The van der Waals surface area contributed by atoms with Crippen LogP contribution in [-0.4, -0.2) is 50.1 Å². The minimum atomic E-state index is -0.369. The Kier molecular flexibility index (Phi) is 6.01. The second-order valence-corrected chi connectivity index (χ2v) is 8.32. The van der Waals surface area contributed by atoms with Crippen molar-refractivity contribution in [3.05, 3.63) is 65.5 Å². The fourth-order valence-corrected chi connectivity index (χ4v) is 4.47. The molecule has 2 fully saturated rings. The summed E-state index contributed by atoms with van der Waals surface area (Å²) in [7, 11) is 0. The summed E-state index contributed by atoms with van der Waals surface area (Å²) < 4.78 is 14.2. The molecule has 1 N–H and O–H groups in total. The molecule has 5 nitrogen and oxygen atoms in total. The van der Waals surface area contributed by atoms with Crippen LogP contribution >= 0.6 is 0 Å². The third-order valence-corrected chi connectivity index (χ3v) is 6.48. The molecule has 4 rings (SSSR count). The summed E-state index contributed by atoms with van der Waals surface area (Å²) >= 11 is 0. The Morgan fingerprint density at radius 1 is 1.10 bits per heavy atom. The lowest BCUT2D eigenvalue weighted by atomic mass is 9.64. The number of carbonyl (C=O) groups is 1. The van der Waals surface area contributed by atoms with Crippen LogP contribution in [0.5, 0.6) is 0 Å². The molecule has 1 saturated heterocycles. The maximum absolute atomic E-state index is 14.2. The summed E-state index contributed by atoms with van der Waals surface area (Å²) in [6, 6.07) is 17.0. The van der Waals surface area contributed by atoms with E-state index in [0.29, 0.717) is 50.5 Å². The number of anilines is 1. The molecule has 0 spiro atoms. The summed E-state index contributed by atoms with van der Waals surface area (Å²) in [5.41, 5.74) is 2.25. The molecule has 0 atom stereocenters. The summed E-state index contributed by atoms with van der Waals surface area (Å²) in [5.74, 6) is -0.317. The zero-order valence-electron chi connectivity index (χ0n) is 17.1. The van der Waals surface area contributed by atoms with E-state index >= 15 is 0 Å². The third kappa shape index (κ3) is 4.31. The van der Waals surface area contributed by atoms with Gasteiger partial charge in [-0.2, -0.15) is 5.26 Å². The molecule has 0 bridgehead atoms. The first-order valence-electron chi connectivity index (χ1n) is 10.6. The SMILES string of the molecule is N#Cc1ccc(N2CCN(CC(=O)NCC3(c4ccccc4)CCC3)CC2)c(F)c1. The molecule has 0 aromatic heterocycles. The second-order valence-electron chi connectivity index (χ2n) is 8.32. The van der Waals surface area contributed by atoms with E-state index in [9.17, 15) is 9.18 Å². The largest absolute Gasteiger partial charge is 0.367 e. The van der Waals surface area contributed by atoms with E-state index in [1.807, 2.05) is 17.0 Å². The van der Waals surface area contributed by atoms with Crippen LogP contribution in [0.2, 0.25) is 0 Å². The summed E-state index contributed by atoms with van der Waals surface area (Å²) in [6.45, 7) is 3.78. The van der Waals surface area contributed by atoms with Gasteiger partial charge in [0.1, 0.15) is 5.82 Å². The first-order chi connectivity index (χ1) is 14.6. The van der Waals surface area contributed by atoms with Gasteiger partial charge in [0.25, 0.3) is 0 Å². The quantitative estimate of drug-likeness (QED) is 0.801. The van der Waals surface area contributed by atoms with Gasteiger partial charge in [-0.3, -0.25) is 9.69 Å². The predicted molar refractivity (Wildman–Crippen MR) is 115 cm³/mol. The van der Waals surface area contributed by atoms with Crippen LogP contribution in [0, 0.1) is 17.1 Å². The van der Waals surface area contributed by atoms with Gasteiger partial charge in [-0.05, 0) is 36.6 Å². The molecular weight excluding hydrogens is 379 g/mol. The number of nitrogens with zero attached hydrogens (tertiary/aromatic N) is 3.